The van der Waals surface area contributed by atoms with E-state index in [1.165, 1.54) is 6.42 Å². The van der Waals surface area contributed by atoms with Gasteiger partial charge in [-0.05, 0) is 43.6 Å². The number of carbonyl (C=O) groups excluding carboxylic acids is 1. The van der Waals surface area contributed by atoms with Crippen molar-refractivity contribution in [2.24, 2.45) is 0 Å². The molecule has 1 N–H and O–H groups in total. The zero-order valence-corrected chi connectivity index (χ0v) is 14.3. The van der Waals surface area contributed by atoms with Crippen molar-refractivity contribution >= 4 is 5.91 Å². The molecule has 1 aromatic rings. The lowest BCUT2D eigenvalue weighted by atomic mass is 10.1. The molecule has 2 aliphatic heterocycles. The van der Waals surface area contributed by atoms with Gasteiger partial charge in [0.25, 0.3) is 5.91 Å². The second-order valence-corrected chi connectivity index (χ2v) is 6.54. The summed E-state index contributed by atoms with van der Waals surface area (Å²) < 4.78 is 5.25. The second kappa shape index (κ2) is 7.71. The fourth-order valence-electron chi connectivity index (χ4n) is 3.56. The van der Waals surface area contributed by atoms with E-state index in [1.807, 2.05) is 17.0 Å². The Kier molecular flexibility index (Phi) is 5.41. The smallest absolute Gasteiger partial charge is 0.253 e. The Bertz CT molecular complexity index is 597. The number of hydrogen-bond acceptors (Lipinski definition) is 4. The van der Waals surface area contributed by atoms with Gasteiger partial charge in [0.15, 0.2) is 0 Å². The van der Waals surface area contributed by atoms with Crippen molar-refractivity contribution in [1.29, 1.82) is 0 Å². The highest BCUT2D eigenvalue weighted by Gasteiger charge is 2.29. The van der Waals surface area contributed by atoms with E-state index in [4.69, 9.17) is 4.74 Å². The van der Waals surface area contributed by atoms with Crippen LogP contribution in [-0.4, -0.2) is 53.1 Å². The predicted molar refractivity (Wildman–Crippen MR) is 92.4 cm³/mol. The van der Waals surface area contributed by atoms with Crippen molar-refractivity contribution in [3.63, 3.8) is 0 Å². The maximum atomic E-state index is 12.9. The van der Waals surface area contributed by atoms with Gasteiger partial charge in [-0.2, -0.15) is 0 Å². The molecule has 0 saturated carbocycles. The Labute approximate surface area is 143 Å². The molecule has 0 aromatic heterocycles. The van der Waals surface area contributed by atoms with E-state index in [-0.39, 0.29) is 11.7 Å². The molecule has 5 nitrogen and oxygen atoms in total. The summed E-state index contributed by atoms with van der Waals surface area (Å²) >= 11 is 0. The Morgan fingerprint density at radius 2 is 2.17 bits per heavy atom. The average Bonchev–Trinajstić information content (AvgIpc) is 3.27. The van der Waals surface area contributed by atoms with E-state index >= 15 is 0 Å². The van der Waals surface area contributed by atoms with E-state index < -0.39 is 0 Å². The van der Waals surface area contributed by atoms with Crippen molar-refractivity contribution in [3.8, 4) is 5.75 Å². The van der Waals surface area contributed by atoms with Gasteiger partial charge in [0, 0.05) is 25.6 Å². The summed E-state index contributed by atoms with van der Waals surface area (Å²) in [6.45, 7) is 6.22. The van der Waals surface area contributed by atoms with Crippen LogP contribution in [0.15, 0.2) is 36.1 Å². The SMILES string of the molecule is CCN1CCC[C@@H]1CN(Cc1ccc(O)cc1)C(=O)C1=COCC1. The van der Waals surface area contributed by atoms with Gasteiger partial charge >= 0.3 is 0 Å². The standard InChI is InChI=1S/C19H26N2O3/c1-2-20-10-3-4-17(20)13-21(19(23)16-9-11-24-14-16)12-15-5-7-18(22)8-6-15/h5-8,14,17,22H,2-4,9-13H2,1H3/t17-/m1/s1. The molecule has 5 heteroatoms. The van der Waals surface area contributed by atoms with Crippen LogP contribution in [0, 0.1) is 0 Å². The van der Waals surface area contributed by atoms with Crippen molar-refractivity contribution in [3.05, 3.63) is 41.7 Å². The molecule has 0 radical (unpaired) electrons. The number of nitrogens with zero attached hydrogens (tertiary/aromatic N) is 2. The summed E-state index contributed by atoms with van der Waals surface area (Å²) in [7, 11) is 0. The molecule has 1 atom stereocenters. The van der Waals surface area contributed by atoms with Crippen LogP contribution < -0.4 is 0 Å². The Hall–Kier alpha value is -2.01. The first-order valence-corrected chi connectivity index (χ1v) is 8.79. The maximum absolute atomic E-state index is 12.9. The van der Waals surface area contributed by atoms with Gasteiger partial charge in [0.2, 0.25) is 0 Å². The third kappa shape index (κ3) is 3.90. The maximum Gasteiger partial charge on any atom is 0.253 e. The molecule has 0 aliphatic carbocycles. The largest absolute Gasteiger partial charge is 0.508 e. The van der Waals surface area contributed by atoms with E-state index in [0.29, 0.717) is 25.6 Å². The molecule has 3 rings (SSSR count). The Morgan fingerprint density at radius 1 is 1.38 bits per heavy atom. The number of ether oxygens (including phenoxy) is 1. The topological polar surface area (TPSA) is 53.0 Å². The summed E-state index contributed by atoms with van der Waals surface area (Å²) in [5.41, 5.74) is 1.79. The lowest BCUT2D eigenvalue weighted by Gasteiger charge is -2.30. The molecule has 0 spiro atoms. The van der Waals surface area contributed by atoms with Gasteiger partial charge in [-0.15, -0.1) is 0 Å². The highest BCUT2D eigenvalue weighted by molar-refractivity contribution is 5.93. The van der Waals surface area contributed by atoms with Gasteiger partial charge in [0.1, 0.15) is 5.75 Å². The minimum atomic E-state index is 0.0727. The highest BCUT2D eigenvalue weighted by atomic mass is 16.5. The summed E-state index contributed by atoms with van der Waals surface area (Å²) in [6, 6.07) is 7.52. The van der Waals surface area contributed by atoms with Crippen LogP contribution in [0.5, 0.6) is 5.75 Å². The van der Waals surface area contributed by atoms with Crippen molar-refractivity contribution in [2.75, 3.05) is 26.2 Å². The summed E-state index contributed by atoms with van der Waals surface area (Å²) in [6.07, 6.45) is 4.64. The quantitative estimate of drug-likeness (QED) is 0.871. The third-order valence-corrected chi connectivity index (χ3v) is 4.92. The number of benzene rings is 1. The van der Waals surface area contributed by atoms with Crippen LogP contribution in [0.3, 0.4) is 0 Å². The van der Waals surface area contributed by atoms with Crippen LogP contribution in [-0.2, 0) is 16.1 Å². The molecule has 130 valence electrons. The number of phenols is 1. The first kappa shape index (κ1) is 16.8. The number of rotatable bonds is 6. The minimum Gasteiger partial charge on any atom is -0.508 e. The number of phenolic OH excluding ortho intramolecular Hbond substituents is 1. The second-order valence-electron chi connectivity index (χ2n) is 6.54. The van der Waals surface area contributed by atoms with Crippen LogP contribution >= 0.6 is 0 Å². The number of aromatic hydroxyl groups is 1. The first-order chi connectivity index (χ1) is 11.7. The van der Waals surface area contributed by atoms with Gasteiger partial charge in [-0.3, -0.25) is 9.69 Å². The number of carbonyl (C=O) groups is 1. The molecular formula is C19H26N2O3. The van der Waals surface area contributed by atoms with Crippen LogP contribution in [0.4, 0.5) is 0 Å². The summed E-state index contributed by atoms with van der Waals surface area (Å²) in [5.74, 6) is 0.319. The van der Waals surface area contributed by atoms with Crippen LogP contribution in [0.2, 0.25) is 0 Å². The molecular weight excluding hydrogens is 304 g/mol. The summed E-state index contributed by atoms with van der Waals surface area (Å²) in [4.78, 5) is 17.3. The van der Waals surface area contributed by atoms with E-state index in [9.17, 15) is 9.90 Å². The molecule has 1 saturated heterocycles. The molecule has 24 heavy (non-hydrogen) atoms. The fourth-order valence-corrected chi connectivity index (χ4v) is 3.56. The molecule has 2 aliphatic rings. The Morgan fingerprint density at radius 3 is 2.83 bits per heavy atom. The zero-order chi connectivity index (χ0) is 16.9. The molecule has 0 unspecified atom stereocenters. The van der Waals surface area contributed by atoms with Gasteiger partial charge < -0.3 is 14.7 Å². The molecule has 1 aromatic carbocycles. The molecule has 1 amide bonds. The molecule has 0 bridgehead atoms. The Balaban J connectivity index is 1.74. The van der Waals surface area contributed by atoms with E-state index in [0.717, 1.165) is 37.2 Å². The minimum absolute atomic E-state index is 0.0727. The number of likely N-dealkylation sites (tertiary alicyclic amines) is 1. The molecule has 1 fully saturated rings. The number of likely N-dealkylation sites (N-methyl/N-ethyl adjacent to an activating group) is 1. The van der Waals surface area contributed by atoms with Crippen molar-refractivity contribution < 1.29 is 14.6 Å². The normalized spacial score (nSPS) is 20.7. The lowest BCUT2D eigenvalue weighted by Crippen LogP contribution is -2.43. The lowest BCUT2D eigenvalue weighted by molar-refractivity contribution is -0.128. The third-order valence-electron chi connectivity index (χ3n) is 4.92. The van der Waals surface area contributed by atoms with Gasteiger partial charge in [0.05, 0.1) is 18.4 Å². The zero-order valence-electron chi connectivity index (χ0n) is 14.3. The van der Waals surface area contributed by atoms with E-state index in [1.54, 1.807) is 18.4 Å². The highest BCUT2D eigenvalue weighted by Crippen LogP contribution is 2.22. The van der Waals surface area contributed by atoms with E-state index in [2.05, 4.69) is 11.8 Å². The number of amides is 1. The van der Waals surface area contributed by atoms with Crippen molar-refractivity contribution in [2.45, 2.75) is 38.8 Å². The van der Waals surface area contributed by atoms with Gasteiger partial charge in [-0.1, -0.05) is 19.1 Å². The molecule has 2 heterocycles. The van der Waals surface area contributed by atoms with Crippen LogP contribution in [0.25, 0.3) is 0 Å². The predicted octanol–water partition coefficient (Wildman–Crippen LogP) is 2.51. The van der Waals surface area contributed by atoms with Gasteiger partial charge in [-0.25, -0.2) is 0 Å². The van der Waals surface area contributed by atoms with Crippen LogP contribution in [0.1, 0.15) is 31.7 Å². The first-order valence-electron chi connectivity index (χ1n) is 8.79. The fraction of sp³-hybridized carbons (Fsp3) is 0.526. The number of hydrogen-bond donors (Lipinski definition) is 1. The monoisotopic (exact) mass is 330 g/mol. The summed E-state index contributed by atoms with van der Waals surface area (Å²) in [5, 5.41) is 9.46. The van der Waals surface area contributed by atoms with Crippen molar-refractivity contribution in [1.82, 2.24) is 9.80 Å². The average molecular weight is 330 g/mol.